The Labute approximate surface area is 264 Å². The number of ether oxygens (including phenoxy) is 1. The van der Waals surface area contributed by atoms with Gasteiger partial charge in [0.05, 0.1) is 5.69 Å². The summed E-state index contributed by atoms with van der Waals surface area (Å²) in [5.41, 5.74) is 11.1. The average molecular weight is 632 g/mol. The number of rotatable bonds is 10. The maximum Gasteiger partial charge on any atom is 0.362 e. The number of nitrogens with two attached hydrogens (primary N) is 1. The molecule has 1 unspecified atom stereocenters. The minimum absolute atomic E-state index is 0.272. The molecule has 2 aliphatic rings. The lowest BCUT2D eigenvalue weighted by Crippen LogP contribution is -2.43. The highest BCUT2D eigenvalue weighted by Gasteiger charge is 2.43. The third-order valence-corrected chi connectivity index (χ3v) is 8.93. The highest BCUT2D eigenvalue weighted by molar-refractivity contribution is 6.30. The van der Waals surface area contributed by atoms with Gasteiger partial charge in [-0.25, -0.2) is 0 Å². The lowest BCUT2D eigenvalue weighted by molar-refractivity contribution is 0.0440. The van der Waals surface area contributed by atoms with Crippen molar-refractivity contribution < 1.29 is 13.5 Å². The van der Waals surface area contributed by atoms with E-state index >= 15 is 0 Å². The molecule has 0 amide bonds. The van der Waals surface area contributed by atoms with E-state index in [2.05, 4.69) is 49.5 Å². The Hall–Kier alpha value is -2.87. The second-order valence-electron chi connectivity index (χ2n) is 11.5. The monoisotopic (exact) mass is 630 g/mol. The van der Waals surface area contributed by atoms with Crippen molar-refractivity contribution in [1.29, 1.82) is 0 Å². The Morgan fingerprint density at radius 1 is 1.12 bits per heavy atom. The van der Waals surface area contributed by atoms with E-state index in [-0.39, 0.29) is 5.84 Å². The van der Waals surface area contributed by atoms with Crippen LogP contribution in [0, 0.1) is 12.8 Å². The number of aryl methyl sites for hydroxylation is 1. The molecule has 0 bridgehead atoms. The molecule has 2 N–H and O–H groups in total. The van der Waals surface area contributed by atoms with Gasteiger partial charge in [-0.15, -0.1) is 0 Å². The zero-order valence-electron chi connectivity index (χ0n) is 25.3. The number of benzene rings is 2. The molecule has 2 atom stereocenters. The Kier molecular flexibility index (Phi) is 10.6. The van der Waals surface area contributed by atoms with Crippen molar-refractivity contribution in [1.82, 2.24) is 4.90 Å². The molecule has 232 valence electrons. The second kappa shape index (κ2) is 13.8. The fraction of sp³-hybridized carbons (Fsp3) is 0.441. The molecule has 4 rings (SSSR count). The molecule has 2 aliphatic heterocycles. The van der Waals surface area contributed by atoms with Crippen LogP contribution in [0.1, 0.15) is 67.4 Å². The maximum absolute atomic E-state index is 14.8. The first-order valence-corrected chi connectivity index (χ1v) is 15.5. The summed E-state index contributed by atoms with van der Waals surface area (Å²) in [7, 11) is 1.56. The van der Waals surface area contributed by atoms with E-state index in [1.807, 2.05) is 12.1 Å². The minimum atomic E-state index is -3.74. The number of allylic oxidation sites excluding steroid dienone is 2. The Morgan fingerprint density at radius 3 is 2.42 bits per heavy atom. The number of amidine groups is 1. The van der Waals surface area contributed by atoms with E-state index in [1.54, 1.807) is 25.2 Å². The van der Waals surface area contributed by atoms with Gasteiger partial charge < -0.3 is 15.4 Å². The molecule has 2 heterocycles. The number of nitrogens with zero attached hydrogens (tertiary/aromatic N) is 3. The van der Waals surface area contributed by atoms with Gasteiger partial charge in [-0.1, -0.05) is 62.9 Å². The second-order valence-corrected chi connectivity index (χ2v) is 12.4. The first-order chi connectivity index (χ1) is 20.3. The highest BCUT2D eigenvalue weighted by atomic mass is 35.5. The molecular formula is C34H42Cl2F2N4O. The van der Waals surface area contributed by atoms with Gasteiger partial charge in [-0.3, -0.25) is 9.89 Å². The van der Waals surface area contributed by atoms with E-state index in [4.69, 9.17) is 33.7 Å². The topological polar surface area (TPSA) is 54.1 Å². The Morgan fingerprint density at radius 2 is 1.81 bits per heavy atom. The van der Waals surface area contributed by atoms with Crippen molar-refractivity contribution in [2.24, 2.45) is 16.6 Å². The van der Waals surface area contributed by atoms with Gasteiger partial charge in [0.25, 0.3) is 0 Å². The number of halogens is 4. The summed E-state index contributed by atoms with van der Waals surface area (Å²) in [6.07, 6.45) is 3.61. The predicted octanol–water partition coefficient (Wildman–Crippen LogP) is 8.75. The maximum atomic E-state index is 14.8. The van der Waals surface area contributed by atoms with E-state index in [9.17, 15) is 8.78 Å². The molecule has 2 aromatic rings. The number of likely N-dealkylation sites (tertiary alicyclic amines) is 1. The molecule has 0 saturated carbocycles. The van der Waals surface area contributed by atoms with Gasteiger partial charge in [0.15, 0.2) is 0 Å². The molecule has 0 aromatic heterocycles. The van der Waals surface area contributed by atoms with Gasteiger partial charge in [0.1, 0.15) is 23.7 Å². The largest absolute Gasteiger partial charge is 0.403 e. The van der Waals surface area contributed by atoms with Crippen molar-refractivity contribution in [3.05, 3.63) is 101 Å². The van der Waals surface area contributed by atoms with Crippen LogP contribution in [0.4, 0.5) is 14.5 Å². The number of piperidine rings is 1. The first kappa shape index (κ1) is 33.0. The van der Waals surface area contributed by atoms with Crippen LogP contribution in [0.3, 0.4) is 0 Å². The van der Waals surface area contributed by atoms with Crippen molar-refractivity contribution in [2.45, 2.75) is 70.0 Å². The van der Waals surface area contributed by atoms with E-state index < -0.39 is 23.3 Å². The highest BCUT2D eigenvalue weighted by Crippen LogP contribution is 2.45. The van der Waals surface area contributed by atoms with Gasteiger partial charge in [-0.05, 0) is 85.0 Å². The quantitative estimate of drug-likeness (QED) is 0.267. The summed E-state index contributed by atoms with van der Waals surface area (Å²) in [5, 5.41) is -3.28. The average Bonchev–Trinajstić information content (AvgIpc) is 3.07. The number of hydrogen-bond donors (Lipinski definition) is 1. The number of aliphatic imine (C=N–C) groups is 1. The Balaban J connectivity index is 1.80. The smallest absolute Gasteiger partial charge is 0.362 e. The summed E-state index contributed by atoms with van der Waals surface area (Å²) in [6.45, 7) is 17.8. The number of fused-ring (bicyclic) bond motifs is 1. The van der Waals surface area contributed by atoms with Crippen LogP contribution < -0.4 is 10.6 Å². The van der Waals surface area contributed by atoms with Crippen molar-refractivity contribution in [2.75, 3.05) is 25.0 Å². The summed E-state index contributed by atoms with van der Waals surface area (Å²) in [5.74, 6) is 0.754. The number of hydrogen-bond acceptors (Lipinski definition) is 4. The molecule has 1 saturated heterocycles. The van der Waals surface area contributed by atoms with Gasteiger partial charge >= 0.3 is 5.38 Å². The van der Waals surface area contributed by atoms with Crippen LogP contribution in [0.5, 0.6) is 0 Å². The molecular weight excluding hydrogens is 589 g/mol. The normalized spacial score (nSPS) is 20.6. The van der Waals surface area contributed by atoms with Crippen LogP contribution in [-0.2, 0) is 11.2 Å². The fourth-order valence-electron chi connectivity index (χ4n) is 6.23. The van der Waals surface area contributed by atoms with Crippen LogP contribution in [0.2, 0.25) is 5.02 Å². The van der Waals surface area contributed by atoms with Crippen molar-refractivity contribution in [3.63, 3.8) is 0 Å². The third kappa shape index (κ3) is 7.44. The van der Waals surface area contributed by atoms with Gasteiger partial charge in [0.2, 0.25) is 0 Å². The molecule has 5 nitrogen and oxygen atoms in total. The standard InChI is InChI=1S/C34H42Cl2F2N4O/c1-7-9-26-10-8-11-28(23(26)4)32-29-20-27(35)12-13-30(29)42(24(5)34(36,37)38)33(40-6)31(43-32)19-22(3)41-16-14-25(15-17-41)18-21(2)39/h8,10-13,20,25,31-32H,2-3,5,7,9,14-19,39H2,1,4,6H3/t31-,32?/m1/s1. The van der Waals surface area contributed by atoms with Crippen LogP contribution >= 0.6 is 23.2 Å². The zero-order chi connectivity index (χ0) is 31.5. The molecule has 1 fully saturated rings. The lowest BCUT2D eigenvalue weighted by Gasteiger charge is -2.37. The molecule has 0 spiro atoms. The fourth-order valence-corrected chi connectivity index (χ4v) is 6.50. The first-order valence-electron chi connectivity index (χ1n) is 14.8. The van der Waals surface area contributed by atoms with E-state index in [0.29, 0.717) is 34.3 Å². The van der Waals surface area contributed by atoms with Crippen molar-refractivity contribution in [3.8, 4) is 0 Å². The summed E-state index contributed by atoms with van der Waals surface area (Å²) in [4.78, 5) is 8.08. The molecule has 9 heteroatoms. The minimum Gasteiger partial charge on any atom is -0.403 e. The number of alkyl halides is 3. The predicted molar refractivity (Wildman–Crippen MR) is 175 cm³/mol. The van der Waals surface area contributed by atoms with Crippen LogP contribution in [0.25, 0.3) is 0 Å². The third-order valence-electron chi connectivity index (χ3n) is 8.48. The van der Waals surface area contributed by atoms with Gasteiger partial charge in [0, 0.05) is 48.5 Å². The molecule has 2 aromatic carbocycles. The van der Waals surface area contributed by atoms with Gasteiger partial charge in [-0.2, -0.15) is 8.78 Å². The zero-order valence-corrected chi connectivity index (χ0v) is 26.8. The van der Waals surface area contributed by atoms with E-state index in [0.717, 1.165) is 62.0 Å². The van der Waals surface area contributed by atoms with Crippen molar-refractivity contribution >= 4 is 34.7 Å². The molecule has 0 aliphatic carbocycles. The summed E-state index contributed by atoms with van der Waals surface area (Å²) >= 11 is 12.1. The Bertz CT molecular complexity index is 1400. The van der Waals surface area contributed by atoms with Crippen LogP contribution in [-0.4, -0.2) is 42.4 Å². The molecule has 43 heavy (non-hydrogen) atoms. The lowest BCUT2D eigenvalue weighted by atomic mass is 9.91. The SMILES string of the molecule is C=C(N)CC1CCN(C(=C)C[C@H]2OC(c3cccc(CCC)c3C)c3cc(Cl)ccc3N(C(=C)C(F)(F)Cl)C2=NC)CC1. The number of anilines is 1. The summed E-state index contributed by atoms with van der Waals surface area (Å²) in [6, 6.07) is 11.3. The molecule has 0 radical (unpaired) electrons. The summed E-state index contributed by atoms with van der Waals surface area (Å²) < 4.78 is 36.6. The van der Waals surface area contributed by atoms with Crippen LogP contribution in [0.15, 0.2) is 78.2 Å². The van der Waals surface area contributed by atoms with E-state index in [1.165, 1.54) is 10.5 Å².